The Kier molecular flexibility index (Phi) is 8.09. The smallest absolute Gasteiger partial charge is 0.160 e. The Morgan fingerprint density at radius 2 is 1.84 bits per heavy atom. The highest BCUT2D eigenvalue weighted by Gasteiger charge is 2.03. The number of benzene rings is 1. The maximum Gasteiger partial charge on any atom is 0.160 e. The van der Waals surface area contributed by atoms with Crippen LogP contribution in [0.1, 0.15) is 12.0 Å². The third kappa shape index (κ3) is 7.08. The Bertz CT molecular complexity index is 346. The van der Waals surface area contributed by atoms with E-state index in [1.165, 1.54) is 0 Å². The number of hydrogen-bond donors (Lipinski definition) is 1. The minimum Gasteiger partial charge on any atom is -0.387 e. The van der Waals surface area contributed by atoms with Crippen molar-refractivity contribution in [2.75, 3.05) is 20.8 Å². The molecule has 4 heteroatoms. The van der Waals surface area contributed by atoms with Crippen molar-refractivity contribution in [1.29, 1.82) is 0 Å². The molecule has 1 aromatic rings. The van der Waals surface area contributed by atoms with Crippen molar-refractivity contribution in [3.05, 3.63) is 48.0 Å². The molecule has 0 aliphatic heterocycles. The molecule has 19 heavy (non-hydrogen) atoms. The summed E-state index contributed by atoms with van der Waals surface area (Å²) in [5.74, 6) is 0. The molecule has 0 aromatic heterocycles. The average Bonchev–Trinajstić information content (AvgIpc) is 2.45. The first kappa shape index (κ1) is 15.9. The van der Waals surface area contributed by atoms with Gasteiger partial charge in [0.2, 0.25) is 0 Å². The molecule has 0 saturated heterocycles. The highest BCUT2D eigenvalue weighted by molar-refractivity contribution is 5.13. The van der Waals surface area contributed by atoms with Crippen LogP contribution in [0.4, 0.5) is 0 Å². The lowest BCUT2D eigenvalue weighted by Gasteiger charge is -2.11. The van der Waals surface area contributed by atoms with Crippen LogP contribution in [0.2, 0.25) is 0 Å². The maximum absolute atomic E-state index is 9.69. The summed E-state index contributed by atoms with van der Waals surface area (Å²) in [7, 11) is 3.17. The van der Waals surface area contributed by atoms with Gasteiger partial charge in [-0.2, -0.15) is 0 Å². The van der Waals surface area contributed by atoms with Crippen LogP contribution in [0.25, 0.3) is 0 Å². The third-order valence-corrected chi connectivity index (χ3v) is 2.61. The number of aliphatic hydroxyl groups is 1. The van der Waals surface area contributed by atoms with Crippen molar-refractivity contribution in [3.8, 4) is 0 Å². The fourth-order valence-electron chi connectivity index (χ4n) is 1.56. The predicted molar refractivity (Wildman–Crippen MR) is 73.7 cm³/mol. The molecular weight excluding hydrogens is 244 g/mol. The van der Waals surface area contributed by atoms with Gasteiger partial charge in [-0.1, -0.05) is 42.5 Å². The molecule has 1 rings (SSSR count). The Morgan fingerprint density at radius 1 is 1.16 bits per heavy atom. The minimum absolute atomic E-state index is 0.270. The van der Waals surface area contributed by atoms with Crippen LogP contribution in [0.15, 0.2) is 42.5 Å². The van der Waals surface area contributed by atoms with Gasteiger partial charge in [-0.3, -0.25) is 0 Å². The van der Waals surface area contributed by atoms with Crippen LogP contribution in [0.3, 0.4) is 0 Å². The fraction of sp³-hybridized carbons (Fsp3) is 0.467. The van der Waals surface area contributed by atoms with Crippen molar-refractivity contribution in [2.45, 2.75) is 25.4 Å². The molecule has 0 bridgehead atoms. The average molecular weight is 266 g/mol. The first-order valence-corrected chi connectivity index (χ1v) is 6.28. The van der Waals surface area contributed by atoms with Crippen molar-refractivity contribution in [1.82, 2.24) is 0 Å². The Balaban J connectivity index is 2.17. The highest BCUT2D eigenvalue weighted by atomic mass is 16.7. The Labute approximate surface area is 114 Å². The number of hydrogen-bond acceptors (Lipinski definition) is 4. The van der Waals surface area contributed by atoms with Crippen LogP contribution >= 0.6 is 0 Å². The summed E-state index contributed by atoms with van der Waals surface area (Å²) in [4.78, 5) is 0. The van der Waals surface area contributed by atoms with E-state index in [1.807, 2.05) is 36.4 Å². The second kappa shape index (κ2) is 9.69. The van der Waals surface area contributed by atoms with E-state index in [0.29, 0.717) is 13.0 Å². The van der Waals surface area contributed by atoms with Gasteiger partial charge in [0.15, 0.2) is 6.29 Å². The van der Waals surface area contributed by atoms with Gasteiger partial charge in [-0.15, -0.1) is 0 Å². The first-order valence-electron chi connectivity index (χ1n) is 6.28. The Morgan fingerprint density at radius 3 is 2.47 bits per heavy atom. The maximum atomic E-state index is 9.69. The van der Waals surface area contributed by atoms with Crippen molar-refractivity contribution in [2.24, 2.45) is 0 Å². The molecule has 0 spiro atoms. The van der Waals surface area contributed by atoms with E-state index in [1.54, 1.807) is 20.3 Å². The fourth-order valence-corrected chi connectivity index (χ4v) is 1.56. The quantitative estimate of drug-likeness (QED) is 0.549. The SMILES string of the molecule is COC(C/C=C/[C@H](O)COCc1ccccc1)OC. The summed E-state index contributed by atoms with van der Waals surface area (Å²) in [5.41, 5.74) is 1.09. The molecule has 0 unspecified atom stereocenters. The lowest BCUT2D eigenvalue weighted by atomic mass is 10.2. The molecule has 0 aliphatic carbocycles. The topological polar surface area (TPSA) is 47.9 Å². The molecule has 0 amide bonds. The number of ether oxygens (including phenoxy) is 3. The van der Waals surface area contributed by atoms with E-state index in [2.05, 4.69) is 0 Å². The third-order valence-electron chi connectivity index (χ3n) is 2.61. The lowest BCUT2D eigenvalue weighted by molar-refractivity contribution is -0.0987. The predicted octanol–water partition coefficient (Wildman–Crippen LogP) is 2.13. The van der Waals surface area contributed by atoms with E-state index >= 15 is 0 Å². The largest absolute Gasteiger partial charge is 0.387 e. The van der Waals surface area contributed by atoms with Crippen LogP contribution in [0.5, 0.6) is 0 Å². The molecule has 1 N–H and O–H groups in total. The molecule has 1 aromatic carbocycles. The van der Waals surface area contributed by atoms with Gasteiger partial charge in [0, 0.05) is 20.6 Å². The Hall–Kier alpha value is -1.20. The number of methoxy groups -OCH3 is 2. The zero-order chi connectivity index (χ0) is 13.9. The molecule has 1 atom stereocenters. The number of rotatable bonds is 9. The molecule has 0 radical (unpaired) electrons. The lowest BCUT2D eigenvalue weighted by Crippen LogP contribution is -2.14. The van der Waals surface area contributed by atoms with E-state index < -0.39 is 6.10 Å². The van der Waals surface area contributed by atoms with Gasteiger partial charge >= 0.3 is 0 Å². The molecule has 0 heterocycles. The summed E-state index contributed by atoms with van der Waals surface area (Å²) in [6.07, 6.45) is 3.24. The standard InChI is InChI=1S/C15H22O4/c1-17-15(18-2)10-6-9-14(16)12-19-11-13-7-4-3-5-8-13/h3-9,14-16H,10-12H2,1-2H3/b9-6+/t14-/m0/s1. The minimum atomic E-state index is -0.613. The van der Waals surface area contributed by atoms with Crippen LogP contribution in [-0.4, -0.2) is 38.3 Å². The van der Waals surface area contributed by atoms with E-state index in [4.69, 9.17) is 14.2 Å². The zero-order valence-corrected chi connectivity index (χ0v) is 11.5. The van der Waals surface area contributed by atoms with Crippen molar-refractivity contribution in [3.63, 3.8) is 0 Å². The molecule has 106 valence electrons. The summed E-state index contributed by atoms with van der Waals surface area (Å²) >= 11 is 0. The first-order chi connectivity index (χ1) is 9.26. The monoisotopic (exact) mass is 266 g/mol. The summed E-state index contributed by atoms with van der Waals surface area (Å²) < 4.78 is 15.5. The summed E-state index contributed by atoms with van der Waals surface area (Å²) in [6, 6.07) is 9.87. The van der Waals surface area contributed by atoms with Gasteiger partial charge in [0.05, 0.1) is 19.3 Å². The summed E-state index contributed by atoms with van der Waals surface area (Å²) in [6.45, 7) is 0.778. The van der Waals surface area contributed by atoms with Gasteiger partial charge in [0.1, 0.15) is 0 Å². The molecular formula is C15H22O4. The molecule has 4 nitrogen and oxygen atoms in total. The second-order valence-electron chi connectivity index (χ2n) is 4.13. The second-order valence-corrected chi connectivity index (χ2v) is 4.13. The summed E-state index contributed by atoms with van der Waals surface area (Å²) in [5, 5.41) is 9.69. The van der Waals surface area contributed by atoms with Crippen LogP contribution in [-0.2, 0) is 20.8 Å². The van der Waals surface area contributed by atoms with E-state index in [9.17, 15) is 5.11 Å². The van der Waals surface area contributed by atoms with E-state index in [-0.39, 0.29) is 12.9 Å². The zero-order valence-electron chi connectivity index (χ0n) is 11.5. The molecule has 0 saturated carbocycles. The van der Waals surface area contributed by atoms with E-state index in [0.717, 1.165) is 5.56 Å². The molecule has 0 aliphatic rings. The van der Waals surface area contributed by atoms with Gasteiger partial charge in [-0.05, 0) is 5.56 Å². The van der Waals surface area contributed by atoms with Gasteiger partial charge in [0.25, 0.3) is 0 Å². The van der Waals surface area contributed by atoms with Gasteiger partial charge < -0.3 is 19.3 Å². The van der Waals surface area contributed by atoms with Crippen LogP contribution in [0, 0.1) is 0 Å². The highest BCUT2D eigenvalue weighted by Crippen LogP contribution is 2.03. The van der Waals surface area contributed by atoms with Gasteiger partial charge in [-0.25, -0.2) is 0 Å². The van der Waals surface area contributed by atoms with Crippen molar-refractivity contribution >= 4 is 0 Å². The molecule has 0 fully saturated rings. The van der Waals surface area contributed by atoms with Crippen molar-refractivity contribution < 1.29 is 19.3 Å². The normalized spacial score (nSPS) is 13.3. The van der Waals surface area contributed by atoms with Crippen LogP contribution < -0.4 is 0 Å². The number of aliphatic hydroxyl groups excluding tert-OH is 1.